The monoisotopic (exact) mass is 400 g/mol. The van der Waals surface area contributed by atoms with E-state index in [1.54, 1.807) is 18.0 Å². The zero-order valence-electron chi connectivity index (χ0n) is 16.9. The standard InChI is InChI=1S/C25H24N2O3/c1-2-30-25(29)21-15-27(24(28)20-14-19(20)16-8-4-3-5-9-16)13-12-18-17-10-6-7-11-22(17)26-23(18)21/h3-11,15,19-20,26H,2,12-14H2,1H3. The molecule has 1 saturated carbocycles. The van der Waals surface area contributed by atoms with Crippen LogP contribution in [0.4, 0.5) is 0 Å². The summed E-state index contributed by atoms with van der Waals surface area (Å²) >= 11 is 0. The lowest BCUT2D eigenvalue weighted by atomic mass is 10.0. The van der Waals surface area contributed by atoms with E-state index in [4.69, 9.17) is 4.74 Å². The van der Waals surface area contributed by atoms with Gasteiger partial charge in [0, 0.05) is 29.6 Å². The van der Waals surface area contributed by atoms with E-state index in [2.05, 4.69) is 23.2 Å². The lowest BCUT2D eigenvalue weighted by Crippen LogP contribution is -2.29. The van der Waals surface area contributed by atoms with Crippen LogP contribution < -0.4 is 0 Å². The van der Waals surface area contributed by atoms with Crippen LogP contribution in [0.2, 0.25) is 0 Å². The maximum atomic E-state index is 13.3. The fraction of sp³-hybridized carbons (Fsp3) is 0.280. The highest BCUT2D eigenvalue weighted by atomic mass is 16.5. The number of rotatable bonds is 4. The summed E-state index contributed by atoms with van der Waals surface area (Å²) in [5.74, 6) is -0.0825. The molecule has 5 heteroatoms. The molecule has 0 spiro atoms. The maximum Gasteiger partial charge on any atom is 0.341 e. The molecular formula is C25H24N2O3. The number of aromatic nitrogens is 1. The smallest absolute Gasteiger partial charge is 0.341 e. The molecular weight excluding hydrogens is 376 g/mol. The lowest BCUT2D eigenvalue weighted by molar-refractivity contribution is -0.136. The molecule has 1 N–H and O–H groups in total. The number of fused-ring (bicyclic) bond motifs is 3. The molecule has 0 bridgehead atoms. The SMILES string of the molecule is CCOC(=O)C1=CN(C(=O)C2CC2c2ccccc2)CCc2c1[nH]c1ccccc21. The molecule has 1 aliphatic carbocycles. The summed E-state index contributed by atoms with van der Waals surface area (Å²) in [7, 11) is 0. The lowest BCUT2D eigenvalue weighted by Gasteiger charge is -2.18. The van der Waals surface area contributed by atoms with Gasteiger partial charge in [0.2, 0.25) is 5.91 Å². The van der Waals surface area contributed by atoms with Crippen LogP contribution in [-0.2, 0) is 20.7 Å². The van der Waals surface area contributed by atoms with Crippen LogP contribution in [0.15, 0.2) is 60.8 Å². The Bertz CT molecular complexity index is 1150. The Morgan fingerprint density at radius 1 is 1.10 bits per heavy atom. The summed E-state index contributed by atoms with van der Waals surface area (Å²) in [6.45, 7) is 2.63. The summed E-state index contributed by atoms with van der Waals surface area (Å²) in [6, 6.07) is 18.2. The van der Waals surface area contributed by atoms with Crippen molar-refractivity contribution < 1.29 is 14.3 Å². The van der Waals surface area contributed by atoms with E-state index in [-0.39, 0.29) is 17.7 Å². The van der Waals surface area contributed by atoms with Crippen LogP contribution in [0.25, 0.3) is 16.5 Å². The van der Waals surface area contributed by atoms with Crippen molar-refractivity contribution in [3.8, 4) is 0 Å². The third-order valence-electron chi connectivity index (χ3n) is 6.08. The van der Waals surface area contributed by atoms with Gasteiger partial charge in [-0.25, -0.2) is 4.79 Å². The fourth-order valence-electron chi connectivity index (χ4n) is 4.49. The summed E-state index contributed by atoms with van der Waals surface area (Å²) in [5, 5.41) is 1.09. The molecule has 1 amide bonds. The molecule has 3 aromatic rings. The second-order valence-electron chi connectivity index (χ2n) is 7.93. The van der Waals surface area contributed by atoms with Crippen molar-refractivity contribution in [1.29, 1.82) is 0 Å². The van der Waals surface area contributed by atoms with Gasteiger partial charge in [-0.2, -0.15) is 0 Å². The predicted octanol–water partition coefficient (Wildman–Crippen LogP) is 4.26. The van der Waals surface area contributed by atoms with Crippen LogP contribution in [0.5, 0.6) is 0 Å². The Morgan fingerprint density at radius 3 is 2.67 bits per heavy atom. The molecule has 1 fully saturated rings. The van der Waals surface area contributed by atoms with Crippen molar-refractivity contribution >= 4 is 28.4 Å². The quantitative estimate of drug-likeness (QED) is 0.666. The van der Waals surface area contributed by atoms with Gasteiger partial charge in [0.15, 0.2) is 0 Å². The minimum absolute atomic E-state index is 0.0275. The Balaban J connectivity index is 1.48. The van der Waals surface area contributed by atoms with Crippen LogP contribution in [0, 0.1) is 5.92 Å². The molecule has 0 saturated heterocycles. The van der Waals surface area contributed by atoms with Gasteiger partial charge in [0.25, 0.3) is 0 Å². The van der Waals surface area contributed by atoms with Crippen molar-refractivity contribution in [2.75, 3.05) is 13.2 Å². The normalized spacial score (nSPS) is 20.3. The van der Waals surface area contributed by atoms with Gasteiger partial charge in [-0.3, -0.25) is 4.79 Å². The summed E-state index contributed by atoms with van der Waals surface area (Å²) in [4.78, 5) is 31.2. The van der Waals surface area contributed by atoms with Gasteiger partial charge < -0.3 is 14.6 Å². The number of aromatic amines is 1. The fourth-order valence-corrected chi connectivity index (χ4v) is 4.49. The number of ether oxygens (including phenoxy) is 1. The van der Waals surface area contributed by atoms with E-state index >= 15 is 0 Å². The van der Waals surface area contributed by atoms with E-state index in [0.29, 0.717) is 25.1 Å². The van der Waals surface area contributed by atoms with Gasteiger partial charge in [-0.15, -0.1) is 0 Å². The van der Waals surface area contributed by atoms with Crippen molar-refractivity contribution in [3.05, 3.63) is 77.6 Å². The molecule has 1 aliphatic heterocycles. The van der Waals surface area contributed by atoms with Crippen LogP contribution in [-0.4, -0.2) is 34.9 Å². The minimum atomic E-state index is -0.402. The Kier molecular flexibility index (Phi) is 4.66. The maximum absolute atomic E-state index is 13.3. The number of nitrogens with one attached hydrogen (secondary N) is 1. The number of carbonyl (C=O) groups excluding carboxylic acids is 2. The number of para-hydroxylation sites is 1. The molecule has 2 unspecified atom stereocenters. The van der Waals surface area contributed by atoms with E-state index in [9.17, 15) is 9.59 Å². The Morgan fingerprint density at radius 2 is 1.87 bits per heavy atom. The van der Waals surface area contributed by atoms with Gasteiger partial charge in [-0.05, 0) is 42.9 Å². The van der Waals surface area contributed by atoms with Crippen molar-refractivity contribution in [3.63, 3.8) is 0 Å². The number of H-pyrrole nitrogens is 1. The van der Waals surface area contributed by atoms with Crippen LogP contribution in [0.3, 0.4) is 0 Å². The van der Waals surface area contributed by atoms with Gasteiger partial charge in [0.1, 0.15) is 0 Å². The molecule has 0 radical (unpaired) electrons. The molecule has 2 heterocycles. The number of carbonyl (C=O) groups is 2. The molecule has 1 aromatic heterocycles. The second-order valence-corrected chi connectivity index (χ2v) is 7.93. The first kappa shape index (κ1) is 18.7. The van der Waals surface area contributed by atoms with Crippen LogP contribution >= 0.6 is 0 Å². The zero-order chi connectivity index (χ0) is 20.7. The first-order valence-electron chi connectivity index (χ1n) is 10.5. The van der Waals surface area contributed by atoms with Gasteiger partial charge in [0.05, 0.1) is 17.9 Å². The highest BCUT2D eigenvalue weighted by Gasteiger charge is 2.46. The van der Waals surface area contributed by atoms with Crippen molar-refractivity contribution in [2.24, 2.45) is 5.92 Å². The number of benzene rings is 2. The minimum Gasteiger partial charge on any atom is -0.462 e. The van der Waals surface area contributed by atoms with Crippen molar-refractivity contribution in [1.82, 2.24) is 9.88 Å². The first-order valence-corrected chi connectivity index (χ1v) is 10.5. The van der Waals surface area contributed by atoms with Gasteiger partial charge >= 0.3 is 5.97 Å². The topological polar surface area (TPSA) is 62.4 Å². The predicted molar refractivity (Wildman–Crippen MR) is 116 cm³/mol. The van der Waals surface area contributed by atoms with E-state index in [1.807, 2.05) is 36.4 Å². The number of nitrogens with zero attached hydrogens (tertiary/aromatic N) is 1. The molecule has 30 heavy (non-hydrogen) atoms. The molecule has 5 nitrogen and oxygen atoms in total. The van der Waals surface area contributed by atoms with E-state index in [0.717, 1.165) is 28.6 Å². The highest BCUT2D eigenvalue weighted by molar-refractivity contribution is 6.18. The van der Waals surface area contributed by atoms with Crippen LogP contribution in [0.1, 0.15) is 36.1 Å². The largest absolute Gasteiger partial charge is 0.462 e. The van der Waals surface area contributed by atoms with E-state index < -0.39 is 5.97 Å². The van der Waals surface area contributed by atoms with Gasteiger partial charge in [-0.1, -0.05) is 48.5 Å². The molecule has 2 aromatic carbocycles. The first-order chi connectivity index (χ1) is 14.7. The third kappa shape index (κ3) is 3.20. The summed E-state index contributed by atoms with van der Waals surface area (Å²) in [5.41, 5.74) is 4.45. The third-order valence-corrected chi connectivity index (χ3v) is 6.08. The number of hydrogen-bond donors (Lipinski definition) is 1. The second kappa shape index (κ2) is 7.48. The Hall–Kier alpha value is -3.34. The highest BCUT2D eigenvalue weighted by Crippen LogP contribution is 2.48. The summed E-state index contributed by atoms with van der Waals surface area (Å²) < 4.78 is 5.32. The molecule has 2 atom stereocenters. The molecule has 152 valence electrons. The average Bonchev–Trinajstić information content (AvgIpc) is 3.53. The zero-order valence-corrected chi connectivity index (χ0v) is 16.9. The number of esters is 1. The van der Waals surface area contributed by atoms with Crippen molar-refractivity contribution in [2.45, 2.75) is 25.7 Å². The van der Waals surface area contributed by atoms with E-state index in [1.165, 1.54) is 5.56 Å². The molecule has 5 rings (SSSR count). The molecule has 2 aliphatic rings. The summed E-state index contributed by atoms with van der Waals surface area (Å²) in [6.07, 6.45) is 3.24. The Labute approximate surface area is 175 Å². The number of hydrogen-bond acceptors (Lipinski definition) is 3. The average molecular weight is 400 g/mol. The number of amides is 1.